The SMILES string of the molecule is Cc1ccc(C)c(-n2c(SCC(=O)Nc3nnc(C)s3)nc3c([nH]c4ccccc43)c2=O)c1. The molecule has 0 saturated carbocycles. The average molecular weight is 477 g/mol. The Kier molecular flexibility index (Phi) is 5.47. The third-order valence-corrected chi connectivity index (χ3v) is 6.90. The molecule has 0 aliphatic heterocycles. The van der Waals surface area contributed by atoms with Crippen molar-refractivity contribution in [2.45, 2.75) is 25.9 Å². The predicted octanol–water partition coefficient (Wildman–Crippen LogP) is 4.37. The molecule has 3 aromatic heterocycles. The number of benzene rings is 2. The molecule has 0 spiro atoms. The summed E-state index contributed by atoms with van der Waals surface area (Å²) in [5.41, 5.74) is 4.39. The molecular formula is C23H20N6O2S2. The predicted molar refractivity (Wildman–Crippen MR) is 133 cm³/mol. The van der Waals surface area contributed by atoms with Gasteiger partial charge < -0.3 is 4.98 Å². The Balaban J connectivity index is 1.61. The number of hydrogen-bond donors (Lipinski definition) is 2. The Hall–Kier alpha value is -3.50. The number of hydrogen-bond acceptors (Lipinski definition) is 7. The molecule has 0 atom stereocenters. The average Bonchev–Trinajstić information content (AvgIpc) is 3.37. The highest BCUT2D eigenvalue weighted by atomic mass is 32.2. The third-order valence-electron chi connectivity index (χ3n) is 5.20. The minimum absolute atomic E-state index is 0.0732. The van der Waals surface area contributed by atoms with E-state index in [-0.39, 0.29) is 17.2 Å². The summed E-state index contributed by atoms with van der Waals surface area (Å²) in [5, 5.41) is 13.1. The van der Waals surface area contributed by atoms with Gasteiger partial charge in [0, 0.05) is 10.9 Å². The number of thioether (sulfide) groups is 1. The highest BCUT2D eigenvalue weighted by molar-refractivity contribution is 7.99. The van der Waals surface area contributed by atoms with Gasteiger partial charge in [-0.15, -0.1) is 10.2 Å². The first kappa shape index (κ1) is 21.4. The molecule has 2 aromatic carbocycles. The molecule has 8 nitrogen and oxygen atoms in total. The fourth-order valence-corrected chi connectivity index (χ4v) is 5.05. The molecule has 0 aliphatic carbocycles. The molecular weight excluding hydrogens is 456 g/mol. The van der Waals surface area contributed by atoms with Gasteiger partial charge in [0.05, 0.1) is 11.4 Å². The molecule has 0 unspecified atom stereocenters. The van der Waals surface area contributed by atoms with Crippen LogP contribution < -0.4 is 10.9 Å². The van der Waals surface area contributed by atoms with Crippen molar-refractivity contribution in [3.63, 3.8) is 0 Å². The fourth-order valence-electron chi connectivity index (χ4n) is 3.64. The maximum absolute atomic E-state index is 13.7. The fraction of sp³-hybridized carbons (Fsp3) is 0.174. The zero-order chi connectivity index (χ0) is 23.1. The van der Waals surface area contributed by atoms with Crippen LogP contribution in [0.1, 0.15) is 16.1 Å². The Morgan fingerprint density at radius 3 is 2.76 bits per heavy atom. The molecule has 33 heavy (non-hydrogen) atoms. The Morgan fingerprint density at radius 2 is 1.97 bits per heavy atom. The Bertz CT molecular complexity index is 1580. The topological polar surface area (TPSA) is 106 Å². The van der Waals surface area contributed by atoms with E-state index in [4.69, 9.17) is 4.98 Å². The smallest absolute Gasteiger partial charge is 0.283 e. The molecule has 3 heterocycles. The van der Waals surface area contributed by atoms with Crippen molar-refractivity contribution in [2.24, 2.45) is 0 Å². The number of nitrogens with zero attached hydrogens (tertiary/aromatic N) is 4. The quantitative estimate of drug-likeness (QED) is 0.288. The molecule has 0 aliphatic rings. The number of carbonyl (C=O) groups excluding carboxylic acids is 1. The van der Waals surface area contributed by atoms with Gasteiger partial charge >= 0.3 is 0 Å². The van der Waals surface area contributed by atoms with Crippen LogP contribution in [0.3, 0.4) is 0 Å². The van der Waals surface area contributed by atoms with E-state index in [9.17, 15) is 9.59 Å². The highest BCUT2D eigenvalue weighted by Gasteiger charge is 2.19. The number of rotatable bonds is 5. The second-order valence-electron chi connectivity index (χ2n) is 7.68. The van der Waals surface area contributed by atoms with E-state index in [1.165, 1.54) is 23.1 Å². The van der Waals surface area contributed by atoms with Crippen LogP contribution in [0.2, 0.25) is 0 Å². The van der Waals surface area contributed by atoms with Gasteiger partial charge in [-0.05, 0) is 44.0 Å². The Morgan fingerprint density at radius 1 is 1.15 bits per heavy atom. The lowest BCUT2D eigenvalue weighted by molar-refractivity contribution is -0.113. The van der Waals surface area contributed by atoms with Gasteiger partial charge in [0.15, 0.2) is 5.16 Å². The molecule has 0 radical (unpaired) electrons. The number of para-hydroxylation sites is 1. The summed E-state index contributed by atoms with van der Waals surface area (Å²) in [4.78, 5) is 34.3. The number of anilines is 1. The summed E-state index contributed by atoms with van der Waals surface area (Å²) < 4.78 is 1.59. The molecule has 0 bridgehead atoms. The molecule has 2 N–H and O–H groups in total. The monoisotopic (exact) mass is 476 g/mol. The second-order valence-corrected chi connectivity index (χ2v) is 9.81. The lowest BCUT2D eigenvalue weighted by atomic mass is 10.1. The number of aryl methyl sites for hydroxylation is 3. The van der Waals surface area contributed by atoms with E-state index in [0.717, 1.165) is 32.7 Å². The van der Waals surface area contributed by atoms with Gasteiger partial charge in [-0.2, -0.15) is 0 Å². The number of carbonyl (C=O) groups is 1. The molecule has 1 amide bonds. The third kappa shape index (κ3) is 4.03. The van der Waals surface area contributed by atoms with Crippen LogP contribution in [0.4, 0.5) is 5.13 Å². The van der Waals surface area contributed by atoms with Crippen molar-refractivity contribution in [3.8, 4) is 5.69 Å². The first-order chi connectivity index (χ1) is 15.9. The number of fused-ring (bicyclic) bond motifs is 3. The maximum atomic E-state index is 13.7. The molecule has 166 valence electrons. The van der Waals surface area contributed by atoms with Gasteiger partial charge in [0.2, 0.25) is 11.0 Å². The van der Waals surface area contributed by atoms with Crippen molar-refractivity contribution in [2.75, 3.05) is 11.1 Å². The van der Waals surface area contributed by atoms with Crippen molar-refractivity contribution in [1.29, 1.82) is 0 Å². The van der Waals surface area contributed by atoms with Crippen molar-refractivity contribution >= 4 is 56.1 Å². The number of aromatic nitrogens is 5. The van der Waals surface area contributed by atoms with Crippen LogP contribution in [0.25, 0.3) is 27.6 Å². The van der Waals surface area contributed by atoms with Crippen LogP contribution in [0.5, 0.6) is 0 Å². The number of nitrogens with one attached hydrogen (secondary N) is 2. The van der Waals surface area contributed by atoms with Crippen LogP contribution in [0.15, 0.2) is 52.4 Å². The summed E-state index contributed by atoms with van der Waals surface area (Å²) in [6, 6.07) is 13.6. The van der Waals surface area contributed by atoms with Crippen molar-refractivity contribution < 1.29 is 4.79 Å². The van der Waals surface area contributed by atoms with Gasteiger partial charge in [-0.3, -0.25) is 19.5 Å². The maximum Gasteiger partial charge on any atom is 0.283 e. The highest BCUT2D eigenvalue weighted by Crippen LogP contribution is 2.28. The van der Waals surface area contributed by atoms with Gasteiger partial charge in [-0.25, -0.2) is 4.98 Å². The molecule has 5 rings (SSSR count). The van der Waals surface area contributed by atoms with E-state index in [1.807, 2.05) is 63.2 Å². The molecule has 10 heteroatoms. The lowest BCUT2D eigenvalue weighted by Gasteiger charge is -2.15. The largest absolute Gasteiger partial charge is 0.349 e. The van der Waals surface area contributed by atoms with Gasteiger partial charge in [0.25, 0.3) is 5.56 Å². The van der Waals surface area contributed by atoms with Gasteiger partial charge in [-0.1, -0.05) is 53.4 Å². The first-order valence-electron chi connectivity index (χ1n) is 10.2. The summed E-state index contributed by atoms with van der Waals surface area (Å²) >= 11 is 2.52. The van der Waals surface area contributed by atoms with E-state index in [1.54, 1.807) is 4.57 Å². The summed E-state index contributed by atoms with van der Waals surface area (Å²) in [7, 11) is 0. The van der Waals surface area contributed by atoms with E-state index in [2.05, 4.69) is 20.5 Å². The van der Waals surface area contributed by atoms with Crippen molar-refractivity contribution in [3.05, 3.63) is 69.0 Å². The zero-order valence-corrected chi connectivity index (χ0v) is 19.8. The van der Waals surface area contributed by atoms with Crippen LogP contribution in [-0.2, 0) is 4.79 Å². The van der Waals surface area contributed by atoms with E-state index < -0.39 is 0 Å². The summed E-state index contributed by atoms with van der Waals surface area (Å²) in [5.74, 6) is -0.166. The second kappa shape index (κ2) is 8.45. The molecule has 0 saturated heterocycles. The van der Waals surface area contributed by atoms with Crippen LogP contribution in [-0.4, -0.2) is 36.4 Å². The summed E-state index contributed by atoms with van der Waals surface area (Å²) in [6.07, 6.45) is 0. The lowest BCUT2D eigenvalue weighted by Crippen LogP contribution is -2.23. The van der Waals surface area contributed by atoms with Crippen molar-refractivity contribution in [1.82, 2.24) is 24.7 Å². The first-order valence-corrected chi connectivity index (χ1v) is 12.0. The van der Waals surface area contributed by atoms with Gasteiger partial charge in [0.1, 0.15) is 16.0 Å². The molecule has 0 fully saturated rings. The van der Waals surface area contributed by atoms with Crippen LogP contribution in [0, 0.1) is 20.8 Å². The summed E-state index contributed by atoms with van der Waals surface area (Å²) in [6.45, 7) is 5.76. The van der Waals surface area contributed by atoms with E-state index >= 15 is 0 Å². The zero-order valence-electron chi connectivity index (χ0n) is 18.2. The number of amides is 1. The minimum Gasteiger partial charge on any atom is -0.349 e. The standard InChI is InChI=1S/C23H20N6O2S2/c1-12-8-9-13(2)17(10-12)29-21(31)20-19(15-6-4-5-7-16(15)24-20)26-23(29)32-11-18(30)25-22-28-27-14(3)33-22/h4-10,24H,11H2,1-3H3,(H,25,28,30). The Labute approximate surface area is 197 Å². The van der Waals surface area contributed by atoms with Crippen LogP contribution >= 0.6 is 23.1 Å². The normalized spacial score (nSPS) is 11.4. The molecule has 5 aromatic rings. The number of H-pyrrole nitrogens is 1. The minimum atomic E-state index is -0.239. The van der Waals surface area contributed by atoms with E-state index in [0.29, 0.717) is 21.3 Å². The number of aromatic amines is 1.